The summed E-state index contributed by atoms with van der Waals surface area (Å²) in [6, 6.07) is 8.28. The number of nitriles is 1. The second-order valence-electron chi connectivity index (χ2n) is 6.68. The Kier molecular flexibility index (Phi) is 3.59. The Morgan fingerprint density at radius 1 is 1.43 bits per heavy atom. The quantitative estimate of drug-likeness (QED) is 0.851. The molecule has 1 aliphatic carbocycles. The third-order valence-corrected chi connectivity index (χ3v) is 4.02. The van der Waals surface area contributed by atoms with Crippen molar-refractivity contribution >= 4 is 16.8 Å². The lowest BCUT2D eigenvalue weighted by molar-refractivity contribution is 0.364. The van der Waals surface area contributed by atoms with E-state index in [1.807, 2.05) is 18.2 Å². The highest BCUT2D eigenvalue weighted by Crippen LogP contribution is 2.40. The van der Waals surface area contributed by atoms with E-state index in [0.717, 1.165) is 35.6 Å². The molecule has 1 aromatic heterocycles. The van der Waals surface area contributed by atoms with Gasteiger partial charge in [-0.25, -0.2) is 4.98 Å². The van der Waals surface area contributed by atoms with Gasteiger partial charge in [-0.15, -0.1) is 0 Å². The van der Waals surface area contributed by atoms with Crippen LogP contribution in [0.1, 0.15) is 51.3 Å². The molecule has 1 heterocycles. The topological polar surface area (TPSA) is 61.9 Å². The molecule has 0 spiro atoms. The molecule has 4 heteroatoms. The average Bonchev–Trinajstić information content (AvgIpc) is 3.23. The van der Waals surface area contributed by atoms with Gasteiger partial charge in [0.05, 0.1) is 6.07 Å². The van der Waals surface area contributed by atoms with Gasteiger partial charge in [-0.3, -0.25) is 0 Å². The molecule has 1 aliphatic rings. The minimum Gasteiger partial charge on any atom is -0.440 e. The van der Waals surface area contributed by atoms with Gasteiger partial charge >= 0.3 is 0 Å². The number of fused-ring (bicyclic) bond motifs is 1. The molecule has 0 bridgehead atoms. The van der Waals surface area contributed by atoms with Crippen LogP contribution >= 0.6 is 0 Å². The van der Waals surface area contributed by atoms with E-state index in [1.54, 1.807) is 0 Å². The molecule has 1 aromatic carbocycles. The van der Waals surface area contributed by atoms with E-state index in [0.29, 0.717) is 12.3 Å². The van der Waals surface area contributed by atoms with Crippen molar-refractivity contribution in [1.29, 1.82) is 5.26 Å². The molecule has 1 saturated carbocycles. The number of aromatic nitrogens is 1. The first-order valence-corrected chi connectivity index (χ1v) is 7.59. The molecule has 110 valence electrons. The van der Waals surface area contributed by atoms with Crippen molar-refractivity contribution in [3.05, 3.63) is 24.1 Å². The van der Waals surface area contributed by atoms with Crippen LogP contribution in [-0.2, 0) is 0 Å². The van der Waals surface area contributed by atoms with Crippen LogP contribution in [0.2, 0.25) is 0 Å². The van der Waals surface area contributed by atoms with E-state index in [1.165, 1.54) is 12.8 Å². The summed E-state index contributed by atoms with van der Waals surface area (Å²) < 4.78 is 5.77. The molecule has 1 N–H and O–H groups in total. The molecule has 0 atom stereocenters. The fraction of sp³-hybridized carbons (Fsp3) is 0.529. The maximum atomic E-state index is 8.70. The van der Waals surface area contributed by atoms with E-state index in [-0.39, 0.29) is 5.41 Å². The van der Waals surface area contributed by atoms with Gasteiger partial charge in [0.1, 0.15) is 5.52 Å². The second kappa shape index (κ2) is 5.40. The molecule has 1 fully saturated rings. The highest BCUT2D eigenvalue weighted by atomic mass is 16.3. The largest absolute Gasteiger partial charge is 0.440 e. The summed E-state index contributed by atoms with van der Waals surface area (Å²) in [4.78, 5) is 4.58. The first-order valence-electron chi connectivity index (χ1n) is 7.59. The van der Waals surface area contributed by atoms with Crippen LogP contribution in [0.5, 0.6) is 0 Å². The maximum Gasteiger partial charge on any atom is 0.198 e. The number of hydrogen-bond acceptors (Lipinski definition) is 4. The number of hydrogen-bond donors (Lipinski definition) is 1. The summed E-state index contributed by atoms with van der Waals surface area (Å²) in [7, 11) is 0. The average molecular weight is 283 g/mol. The van der Waals surface area contributed by atoms with Gasteiger partial charge in [0.25, 0.3) is 0 Å². The van der Waals surface area contributed by atoms with Crippen LogP contribution in [0.15, 0.2) is 22.6 Å². The van der Waals surface area contributed by atoms with Gasteiger partial charge in [0.2, 0.25) is 0 Å². The Labute approximate surface area is 125 Å². The first-order chi connectivity index (χ1) is 10.1. The number of rotatable bonds is 6. The smallest absolute Gasteiger partial charge is 0.198 e. The van der Waals surface area contributed by atoms with E-state index in [9.17, 15) is 0 Å². The molecule has 2 aromatic rings. The molecule has 0 radical (unpaired) electrons. The Bertz CT molecular complexity index is 677. The molecule has 0 amide bonds. The van der Waals surface area contributed by atoms with Crippen LogP contribution < -0.4 is 5.32 Å². The Morgan fingerprint density at radius 2 is 2.24 bits per heavy atom. The van der Waals surface area contributed by atoms with Crippen molar-refractivity contribution in [2.24, 2.45) is 5.41 Å². The van der Waals surface area contributed by atoms with Crippen molar-refractivity contribution in [3.63, 3.8) is 0 Å². The summed E-state index contributed by atoms with van der Waals surface area (Å²) >= 11 is 0. The summed E-state index contributed by atoms with van der Waals surface area (Å²) in [6.07, 6.45) is 3.90. The van der Waals surface area contributed by atoms with Crippen LogP contribution in [0.3, 0.4) is 0 Å². The first kappa shape index (κ1) is 13.9. The monoisotopic (exact) mass is 283 g/mol. The lowest BCUT2D eigenvalue weighted by Crippen LogP contribution is -2.22. The molecule has 3 rings (SSSR count). The summed E-state index contributed by atoms with van der Waals surface area (Å²) in [6.45, 7) is 5.20. The molecule has 21 heavy (non-hydrogen) atoms. The zero-order chi connectivity index (χ0) is 14.9. The zero-order valence-electron chi connectivity index (χ0n) is 12.6. The lowest BCUT2D eigenvalue weighted by Gasteiger charge is -2.24. The Hall–Kier alpha value is -2.02. The summed E-state index contributed by atoms with van der Waals surface area (Å²) in [5, 5.41) is 12.1. The SMILES string of the molecule is CC(C)(CCC#N)CNc1ccc2oc(C3CC3)nc2c1. The number of nitrogens with one attached hydrogen (secondary N) is 1. The van der Waals surface area contributed by atoms with E-state index < -0.39 is 0 Å². The summed E-state index contributed by atoms with van der Waals surface area (Å²) in [5.41, 5.74) is 2.96. The van der Waals surface area contributed by atoms with Gasteiger partial charge in [-0.05, 0) is 42.9 Å². The highest BCUT2D eigenvalue weighted by Gasteiger charge is 2.28. The molecular weight excluding hydrogens is 262 g/mol. The second-order valence-corrected chi connectivity index (χ2v) is 6.68. The molecular formula is C17H21N3O. The number of anilines is 1. The van der Waals surface area contributed by atoms with Crippen LogP contribution in [-0.4, -0.2) is 11.5 Å². The van der Waals surface area contributed by atoms with Gasteiger partial charge in [-0.2, -0.15) is 5.26 Å². The van der Waals surface area contributed by atoms with E-state index in [2.05, 4.69) is 30.2 Å². The minimum atomic E-state index is 0.105. The predicted octanol–water partition coefficient (Wildman–Crippen LogP) is 4.45. The molecule has 0 saturated heterocycles. The van der Waals surface area contributed by atoms with E-state index in [4.69, 9.17) is 9.68 Å². The molecule has 0 aliphatic heterocycles. The number of benzene rings is 1. The standard InChI is InChI=1S/C17H21N3O/c1-17(2,8-3-9-18)11-19-13-6-7-15-14(10-13)20-16(21-15)12-4-5-12/h6-7,10,12,19H,3-5,8,11H2,1-2H3. The van der Waals surface area contributed by atoms with Crippen LogP contribution in [0.25, 0.3) is 11.1 Å². The highest BCUT2D eigenvalue weighted by molar-refractivity contribution is 5.77. The molecule has 4 nitrogen and oxygen atoms in total. The molecule has 0 unspecified atom stereocenters. The van der Waals surface area contributed by atoms with Gasteiger partial charge in [0.15, 0.2) is 11.5 Å². The lowest BCUT2D eigenvalue weighted by atomic mass is 9.88. The fourth-order valence-corrected chi connectivity index (χ4v) is 2.38. The van der Waals surface area contributed by atoms with Gasteiger partial charge in [0, 0.05) is 24.6 Å². The number of nitrogens with zero attached hydrogens (tertiary/aromatic N) is 2. The van der Waals surface area contributed by atoms with Crippen LogP contribution in [0.4, 0.5) is 5.69 Å². The maximum absolute atomic E-state index is 8.70. The van der Waals surface area contributed by atoms with Crippen molar-refractivity contribution in [3.8, 4) is 6.07 Å². The third-order valence-electron chi connectivity index (χ3n) is 4.02. The Balaban J connectivity index is 1.68. The van der Waals surface area contributed by atoms with Gasteiger partial charge in [-0.1, -0.05) is 13.8 Å². The van der Waals surface area contributed by atoms with Gasteiger partial charge < -0.3 is 9.73 Å². The zero-order valence-corrected chi connectivity index (χ0v) is 12.6. The predicted molar refractivity (Wildman–Crippen MR) is 83.1 cm³/mol. The van der Waals surface area contributed by atoms with Crippen molar-refractivity contribution in [2.75, 3.05) is 11.9 Å². The van der Waals surface area contributed by atoms with Crippen molar-refractivity contribution < 1.29 is 4.42 Å². The minimum absolute atomic E-state index is 0.105. The fourth-order valence-electron chi connectivity index (χ4n) is 2.38. The van der Waals surface area contributed by atoms with E-state index >= 15 is 0 Å². The summed E-state index contributed by atoms with van der Waals surface area (Å²) in [5.74, 6) is 1.43. The van der Waals surface area contributed by atoms with Crippen molar-refractivity contribution in [1.82, 2.24) is 4.98 Å². The Morgan fingerprint density at radius 3 is 2.95 bits per heavy atom. The number of oxazole rings is 1. The van der Waals surface area contributed by atoms with Crippen molar-refractivity contribution in [2.45, 2.75) is 45.4 Å². The normalized spacial score (nSPS) is 15.1. The third kappa shape index (κ3) is 3.36. The van der Waals surface area contributed by atoms with Crippen LogP contribution in [0, 0.1) is 16.7 Å².